The molecule has 2 aromatic carbocycles. The Morgan fingerprint density at radius 2 is 1.81 bits per heavy atom. The van der Waals surface area contributed by atoms with Gasteiger partial charge >= 0.3 is 0 Å². The molecule has 1 heterocycles. The van der Waals surface area contributed by atoms with Gasteiger partial charge in [-0.2, -0.15) is 0 Å². The second kappa shape index (κ2) is 9.20. The van der Waals surface area contributed by atoms with Gasteiger partial charge in [0.1, 0.15) is 11.5 Å². The number of aliphatic hydroxyl groups excluding tert-OH is 1. The largest absolute Gasteiger partial charge is 0.494 e. The second-order valence-electron chi connectivity index (χ2n) is 8.35. The number of sulfonamides is 1. The van der Waals surface area contributed by atoms with Crippen molar-refractivity contribution in [3.8, 4) is 5.75 Å². The zero-order valence-electron chi connectivity index (χ0n) is 18.0. The van der Waals surface area contributed by atoms with Gasteiger partial charge in [-0.1, -0.05) is 42.5 Å². The van der Waals surface area contributed by atoms with Crippen molar-refractivity contribution in [3.05, 3.63) is 65.7 Å². The molecular weight excluding hydrogens is 416 g/mol. The number of hydrogen-bond acceptors (Lipinski definition) is 6. The van der Waals surface area contributed by atoms with Crippen LogP contribution >= 0.6 is 0 Å². The molecule has 7 nitrogen and oxygen atoms in total. The molecule has 8 heteroatoms. The fraction of sp³-hybridized carbons (Fsp3) is 0.391. The highest BCUT2D eigenvalue weighted by Gasteiger charge is 2.54. The molecule has 0 bridgehead atoms. The summed E-state index contributed by atoms with van der Waals surface area (Å²) in [5.41, 5.74) is 0.440. The van der Waals surface area contributed by atoms with E-state index in [1.807, 2.05) is 0 Å². The summed E-state index contributed by atoms with van der Waals surface area (Å²) in [7, 11) is -3.93. The molecule has 1 aliphatic heterocycles. The third-order valence-corrected chi connectivity index (χ3v) is 7.16. The third kappa shape index (κ3) is 4.97. The quantitative estimate of drug-likeness (QED) is 0.662. The first-order valence-electron chi connectivity index (χ1n) is 10.2. The lowest BCUT2D eigenvalue weighted by atomic mass is 10.1. The molecule has 0 radical (unpaired) electrons. The van der Waals surface area contributed by atoms with Crippen molar-refractivity contribution in [2.45, 2.75) is 44.6 Å². The van der Waals surface area contributed by atoms with Crippen molar-refractivity contribution < 1.29 is 23.1 Å². The smallest absolute Gasteiger partial charge is 0.283 e. The predicted molar refractivity (Wildman–Crippen MR) is 119 cm³/mol. The van der Waals surface area contributed by atoms with E-state index in [4.69, 9.17) is 4.74 Å². The van der Waals surface area contributed by atoms with Crippen molar-refractivity contribution in [2.75, 3.05) is 13.2 Å². The van der Waals surface area contributed by atoms with Crippen molar-refractivity contribution in [3.63, 3.8) is 0 Å². The van der Waals surface area contributed by atoms with Gasteiger partial charge in [0.2, 0.25) is 0 Å². The number of carbonyl (C=O) groups excluding carboxylic acids is 1. The van der Waals surface area contributed by atoms with Crippen molar-refractivity contribution >= 4 is 21.6 Å². The Bertz CT molecular complexity index is 1060. The van der Waals surface area contributed by atoms with E-state index in [-0.39, 0.29) is 18.9 Å². The van der Waals surface area contributed by atoms with E-state index in [1.54, 1.807) is 75.4 Å². The highest BCUT2D eigenvalue weighted by atomic mass is 32.2. The lowest BCUT2D eigenvalue weighted by molar-refractivity contribution is -0.122. The predicted octanol–water partition coefficient (Wildman–Crippen LogP) is 3.10. The van der Waals surface area contributed by atoms with Crippen LogP contribution in [-0.2, 0) is 21.4 Å². The van der Waals surface area contributed by atoms with Gasteiger partial charge in [0.25, 0.3) is 15.9 Å². The first kappa shape index (κ1) is 23.0. The average molecular weight is 445 g/mol. The molecule has 3 rings (SSSR count). The Labute approximate surface area is 183 Å². The molecule has 1 N–H and O–H groups in total. The molecule has 1 unspecified atom stereocenters. The normalized spacial score (nSPS) is 19.7. The summed E-state index contributed by atoms with van der Waals surface area (Å²) >= 11 is 0. The maximum atomic E-state index is 13.3. The number of benzene rings is 2. The van der Waals surface area contributed by atoms with E-state index < -0.39 is 26.7 Å². The number of rotatable bonds is 7. The Kier molecular flexibility index (Phi) is 6.81. The van der Waals surface area contributed by atoms with E-state index in [2.05, 4.69) is 4.99 Å². The first-order chi connectivity index (χ1) is 14.7. The Morgan fingerprint density at radius 1 is 1.10 bits per heavy atom. The molecule has 1 amide bonds. The number of ether oxygens (including phenoxy) is 1. The molecule has 2 aromatic rings. The molecule has 0 spiro atoms. The number of carbonyl (C=O) groups is 1. The second-order valence-corrected chi connectivity index (χ2v) is 10.2. The topological polar surface area (TPSA) is 96.3 Å². The molecule has 0 aromatic heterocycles. The van der Waals surface area contributed by atoms with E-state index >= 15 is 0 Å². The van der Waals surface area contributed by atoms with Crippen LogP contribution in [-0.4, -0.2) is 48.1 Å². The first-order valence-corrected chi connectivity index (χ1v) is 11.7. The molecule has 1 atom stereocenters. The van der Waals surface area contributed by atoms with Crippen LogP contribution in [0.25, 0.3) is 0 Å². The zero-order chi connectivity index (χ0) is 22.6. The number of nitrogens with zero attached hydrogens (tertiary/aromatic N) is 2. The molecule has 1 aliphatic rings. The summed E-state index contributed by atoms with van der Waals surface area (Å²) < 4.78 is 33.2. The molecule has 0 aliphatic carbocycles. The molecular formula is C23H28N2O5S. The SMILES string of the molecule is CC(C)(C)N1C(=O)C(=NCCCOc2cccc(CO)c2)C(c2ccccc2)S1(=O)=O. The van der Waals surface area contributed by atoms with Crippen molar-refractivity contribution in [1.82, 2.24) is 4.31 Å². The average Bonchev–Trinajstić information content (AvgIpc) is 2.93. The van der Waals surface area contributed by atoms with Gasteiger partial charge < -0.3 is 9.84 Å². The maximum Gasteiger partial charge on any atom is 0.283 e. The van der Waals surface area contributed by atoms with E-state index in [9.17, 15) is 18.3 Å². The Balaban J connectivity index is 1.78. The monoisotopic (exact) mass is 444 g/mol. The number of hydrogen-bond donors (Lipinski definition) is 1. The minimum absolute atomic E-state index is 0.0448. The highest BCUT2D eigenvalue weighted by molar-refractivity contribution is 7.91. The summed E-state index contributed by atoms with van der Waals surface area (Å²) in [6.07, 6.45) is 0.511. The Morgan fingerprint density at radius 3 is 2.45 bits per heavy atom. The Hall–Kier alpha value is -2.71. The van der Waals surface area contributed by atoms with Gasteiger partial charge in [-0.3, -0.25) is 9.79 Å². The lowest BCUT2D eigenvalue weighted by Crippen LogP contribution is -2.45. The zero-order valence-corrected chi connectivity index (χ0v) is 18.8. The van der Waals surface area contributed by atoms with Gasteiger partial charge in [-0.25, -0.2) is 12.7 Å². The van der Waals surface area contributed by atoms with Crippen LogP contribution in [0, 0.1) is 0 Å². The van der Waals surface area contributed by atoms with E-state index in [1.165, 1.54) is 0 Å². The van der Waals surface area contributed by atoms with E-state index in [0.29, 0.717) is 24.3 Å². The van der Waals surface area contributed by atoms with Gasteiger partial charge in [0.05, 0.1) is 18.8 Å². The lowest BCUT2D eigenvalue weighted by Gasteiger charge is -2.30. The van der Waals surface area contributed by atoms with Crippen LogP contribution in [0.3, 0.4) is 0 Å². The van der Waals surface area contributed by atoms with Gasteiger partial charge in [0, 0.05) is 13.0 Å². The van der Waals surface area contributed by atoms with Crippen LogP contribution < -0.4 is 4.74 Å². The fourth-order valence-electron chi connectivity index (χ4n) is 3.56. The van der Waals surface area contributed by atoms with Gasteiger partial charge in [-0.15, -0.1) is 0 Å². The summed E-state index contributed by atoms with van der Waals surface area (Å²) in [6.45, 7) is 5.64. The van der Waals surface area contributed by atoms with Crippen LogP contribution in [0.4, 0.5) is 0 Å². The number of amides is 1. The fourth-order valence-corrected chi connectivity index (χ4v) is 5.82. The third-order valence-electron chi connectivity index (χ3n) is 4.85. The molecule has 1 saturated heterocycles. The van der Waals surface area contributed by atoms with Crippen LogP contribution in [0.2, 0.25) is 0 Å². The molecule has 31 heavy (non-hydrogen) atoms. The van der Waals surface area contributed by atoms with E-state index in [0.717, 1.165) is 9.87 Å². The molecule has 166 valence electrons. The van der Waals surface area contributed by atoms with Crippen molar-refractivity contribution in [2.24, 2.45) is 4.99 Å². The summed E-state index contributed by atoms with van der Waals surface area (Å²) in [5, 5.41) is 8.09. The van der Waals surface area contributed by atoms with Gasteiger partial charge in [0.15, 0.2) is 5.25 Å². The van der Waals surface area contributed by atoms with Crippen LogP contribution in [0.15, 0.2) is 59.6 Å². The summed E-state index contributed by atoms with van der Waals surface area (Å²) in [4.78, 5) is 17.5. The van der Waals surface area contributed by atoms with Crippen molar-refractivity contribution in [1.29, 1.82) is 0 Å². The summed E-state index contributed by atoms with van der Waals surface area (Å²) in [5.74, 6) is 0.0673. The molecule has 0 saturated carbocycles. The van der Waals surface area contributed by atoms with Crippen LogP contribution in [0.5, 0.6) is 5.75 Å². The summed E-state index contributed by atoms with van der Waals surface area (Å²) in [6, 6.07) is 15.9. The number of aliphatic hydroxyl groups is 1. The maximum absolute atomic E-state index is 13.3. The van der Waals surface area contributed by atoms with Gasteiger partial charge in [-0.05, 0) is 44.0 Å². The minimum Gasteiger partial charge on any atom is -0.494 e. The minimum atomic E-state index is -3.93. The highest BCUT2D eigenvalue weighted by Crippen LogP contribution is 2.38. The van der Waals surface area contributed by atoms with Crippen LogP contribution in [0.1, 0.15) is 43.6 Å². The number of aliphatic imine (C=N–C) groups is 1. The molecule has 1 fully saturated rings. The standard InChI is InChI=1S/C23H28N2O5S/c1-23(2,3)25-22(27)20(21(31(25,28)29)18-10-5-4-6-11-18)24-13-8-14-30-19-12-7-9-17(15-19)16-26/h4-7,9-12,15,21,26H,8,13-14,16H2,1-3H3.